The molecule has 1 heterocycles. The Bertz CT molecular complexity index is 2250. The van der Waals surface area contributed by atoms with Crippen molar-refractivity contribution in [1.82, 2.24) is 5.32 Å². The average Bonchev–Trinajstić information content (AvgIpc) is 3.37. The molecule has 1 saturated heterocycles. The van der Waals surface area contributed by atoms with Crippen LogP contribution in [0.2, 0.25) is 0 Å². The highest BCUT2D eigenvalue weighted by molar-refractivity contribution is 5.96. The normalized spacial score (nSPS) is 29.0. The summed E-state index contributed by atoms with van der Waals surface area (Å²) in [7, 11) is 0. The van der Waals surface area contributed by atoms with E-state index >= 15 is 9.59 Å². The molecule has 0 spiro atoms. The molecule has 3 fully saturated rings. The van der Waals surface area contributed by atoms with Gasteiger partial charge in [-0.15, -0.1) is 0 Å². The Labute approximate surface area is 445 Å². The number of carbonyl (C=O) groups excluding carboxylic acids is 5. The molecule has 4 aliphatic rings. The fourth-order valence-electron chi connectivity index (χ4n) is 12.6. The number of ether oxygens (including phenoxy) is 6. The Kier molecular flexibility index (Phi) is 21.3. The van der Waals surface area contributed by atoms with E-state index in [9.17, 15) is 29.7 Å². The number of Topliss-reactive ketones (excluding diaryl/α,β-unsaturated/α-hetero) is 1. The summed E-state index contributed by atoms with van der Waals surface area (Å²) < 4.78 is 36.8. The van der Waals surface area contributed by atoms with E-state index in [2.05, 4.69) is 12.2 Å². The van der Waals surface area contributed by atoms with E-state index < -0.39 is 113 Å². The van der Waals surface area contributed by atoms with Crippen LogP contribution in [-0.2, 0) is 47.6 Å². The minimum Gasteiger partial charge on any atom is -0.456 e. The lowest BCUT2D eigenvalue weighted by molar-refractivity contribution is -0.346. The summed E-state index contributed by atoms with van der Waals surface area (Å²) in [5, 5.41) is 41.2. The van der Waals surface area contributed by atoms with Crippen LogP contribution in [-0.4, -0.2) is 112 Å². The minimum atomic E-state index is -2.32. The summed E-state index contributed by atoms with van der Waals surface area (Å²) >= 11 is 0. The Balaban J connectivity index is 1.24. The number of unbranched alkanes of at least 4 members (excludes halogenated alkanes) is 15. The van der Waals surface area contributed by atoms with Crippen molar-refractivity contribution in [3.8, 4) is 0 Å². The van der Waals surface area contributed by atoms with Gasteiger partial charge in [0.25, 0.3) is 5.91 Å². The molecule has 1 unspecified atom stereocenters. The first kappa shape index (κ1) is 59.7. The predicted octanol–water partition coefficient (Wildman–Crippen LogP) is 9.52. The molecule has 2 saturated carbocycles. The molecule has 0 aromatic heterocycles. The third-order valence-corrected chi connectivity index (χ3v) is 16.9. The summed E-state index contributed by atoms with van der Waals surface area (Å²) in [6, 6.07) is 16.2. The highest BCUT2D eigenvalue weighted by Gasteiger charge is 2.77. The number of rotatable bonds is 28. The van der Waals surface area contributed by atoms with Gasteiger partial charge in [-0.05, 0) is 56.0 Å². The summed E-state index contributed by atoms with van der Waals surface area (Å²) in [5.41, 5.74) is -6.38. The number of fused-ring (bicyclic) bond motifs is 5. The van der Waals surface area contributed by atoms with Crippen molar-refractivity contribution in [2.45, 2.75) is 231 Å². The maximum atomic E-state index is 15.3. The lowest BCUT2D eigenvalue weighted by atomic mass is 9.44. The van der Waals surface area contributed by atoms with Gasteiger partial charge in [-0.3, -0.25) is 19.2 Å². The molecular formula is C60H87NO14. The minimum absolute atomic E-state index is 0.0682. The van der Waals surface area contributed by atoms with Crippen molar-refractivity contribution in [2.75, 3.05) is 13.2 Å². The second-order valence-corrected chi connectivity index (χ2v) is 22.5. The van der Waals surface area contributed by atoms with Crippen LogP contribution in [0.3, 0.4) is 0 Å². The fourth-order valence-corrected chi connectivity index (χ4v) is 12.6. The van der Waals surface area contributed by atoms with Gasteiger partial charge < -0.3 is 49.1 Å². The zero-order chi connectivity index (χ0) is 54.6. The largest absolute Gasteiger partial charge is 0.456 e. The van der Waals surface area contributed by atoms with E-state index in [-0.39, 0.29) is 24.2 Å². The first-order chi connectivity index (χ1) is 35.7. The van der Waals surface area contributed by atoms with Crippen molar-refractivity contribution < 1.29 is 67.7 Å². The molecule has 0 radical (unpaired) electrons. The van der Waals surface area contributed by atoms with Crippen molar-refractivity contribution in [3.63, 3.8) is 0 Å². The van der Waals surface area contributed by atoms with Crippen LogP contribution in [0.5, 0.6) is 0 Å². The fraction of sp³-hybridized carbons (Fsp3) is 0.683. The summed E-state index contributed by atoms with van der Waals surface area (Å²) in [4.78, 5) is 70.4. The Hall–Kier alpha value is -4.51. The van der Waals surface area contributed by atoms with Gasteiger partial charge in [0.1, 0.15) is 17.8 Å². The zero-order valence-corrected chi connectivity index (χ0v) is 45.9. The molecule has 2 bridgehead atoms. The van der Waals surface area contributed by atoms with Gasteiger partial charge >= 0.3 is 17.9 Å². The third-order valence-electron chi connectivity index (χ3n) is 16.9. The van der Waals surface area contributed by atoms with Crippen molar-refractivity contribution in [2.24, 2.45) is 16.7 Å². The molecular weight excluding hydrogens is 959 g/mol. The summed E-state index contributed by atoms with van der Waals surface area (Å²) in [6.45, 7) is 12.6. The maximum Gasteiger partial charge on any atom is 0.338 e. The first-order valence-electron chi connectivity index (χ1n) is 27.9. The second-order valence-electron chi connectivity index (χ2n) is 22.5. The van der Waals surface area contributed by atoms with Crippen LogP contribution < -0.4 is 5.32 Å². The number of hydrogen-bond donors (Lipinski definition) is 4. The molecule has 2 aromatic rings. The molecule has 3 aliphatic carbocycles. The smallest absolute Gasteiger partial charge is 0.338 e. The average molecular weight is 1050 g/mol. The highest BCUT2D eigenvalue weighted by Crippen LogP contribution is 2.63. The van der Waals surface area contributed by atoms with E-state index in [4.69, 9.17) is 28.4 Å². The van der Waals surface area contributed by atoms with E-state index in [1.165, 1.54) is 90.9 Å². The molecule has 4 N–H and O–H groups in total. The molecule has 416 valence electrons. The van der Waals surface area contributed by atoms with Crippen LogP contribution in [0.15, 0.2) is 71.8 Å². The standard InChI is InChI=1S/C60H87NO14/c1-9-10-11-12-13-14-15-16-17-18-19-20-21-22-23-30-35-70-42(5)73-51(49(43-31-26-24-27-32-43)61-55(67)44-33-28-25-29-34-44)56(68)74-45-37-60(69)54(66)52-58(8,46(64)36-47-59(52,38-71-47)75-41(4)63)53(65)50(72-40(3)62)48(39(45)2)57(60,6)7/h24-29,31-34,42,45-47,49-52,54,64,66,69H,9-23,30,35-38H2,1-8H3,(H,61,67)/t42?,45-,46-,47+,49-,50+,51+,52-,54-,58+,59-,60+/m0/s1. The lowest BCUT2D eigenvalue weighted by Gasteiger charge is -2.67. The van der Waals surface area contributed by atoms with Crippen LogP contribution in [0.1, 0.15) is 193 Å². The number of nitrogens with one attached hydrogen (secondary N) is 1. The predicted molar refractivity (Wildman–Crippen MR) is 282 cm³/mol. The summed E-state index contributed by atoms with van der Waals surface area (Å²) in [5.74, 6) is -5.34. The zero-order valence-electron chi connectivity index (χ0n) is 45.9. The molecule has 15 heteroatoms. The Morgan fingerprint density at radius 2 is 1.32 bits per heavy atom. The van der Waals surface area contributed by atoms with Gasteiger partial charge in [-0.2, -0.15) is 0 Å². The van der Waals surface area contributed by atoms with E-state index in [1.807, 2.05) is 0 Å². The second kappa shape index (κ2) is 26.7. The van der Waals surface area contributed by atoms with Crippen LogP contribution in [0.25, 0.3) is 0 Å². The molecule has 12 atom stereocenters. The van der Waals surface area contributed by atoms with Crippen molar-refractivity contribution in [1.29, 1.82) is 0 Å². The summed E-state index contributed by atoms with van der Waals surface area (Å²) in [6.07, 6.45) is 9.04. The van der Waals surface area contributed by atoms with Gasteiger partial charge in [0.15, 0.2) is 29.9 Å². The van der Waals surface area contributed by atoms with Crippen molar-refractivity contribution in [3.05, 3.63) is 82.9 Å². The number of carbonyl (C=O) groups is 5. The topological polar surface area (TPSA) is 213 Å². The number of amides is 1. The number of ketones is 1. The maximum absolute atomic E-state index is 15.3. The lowest BCUT2D eigenvalue weighted by Crippen LogP contribution is -2.81. The number of hydrogen-bond acceptors (Lipinski definition) is 14. The van der Waals surface area contributed by atoms with Gasteiger partial charge in [0, 0.05) is 50.2 Å². The number of benzene rings is 2. The monoisotopic (exact) mass is 1050 g/mol. The molecule has 6 rings (SSSR count). The highest BCUT2D eigenvalue weighted by atomic mass is 16.7. The number of aliphatic hydroxyl groups is 3. The van der Waals surface area contributed by atoms with E-state index in [0.717, 1.165) is 32.6 Å². The number of esters is 3. The Morgan fingerprint density at radius 3 is 1.84 bits per heavy atom. The van der Waals surface area contributed by atoms with Crippen LogP contribution in [0, 0.1) is 16.7 Å². The van der Waals surface area contributed by atoms with Crippen LogP contribution >= 0.6 is 0 Å². The van der Waals surface area contributed by atoms with E-state index in [1.54, 1.807) is 88.4 Å². The molecule has 15 nitrogen and oxygen atoms in total. The first-order valence-corrected chi connectivity index (χ1v) is 27.9. The molecule has 75 heavy (non-hydrogen) atoms. The molecule has 2 aromatic carbocycles. The van der Waals surface area contributed by atoms with E-state index in [0.29, 0.717) is 17.7 Å². The van der Waals surface area contributed by atoms with Gasteiger partial charge in [0.05, 0.1) is 30.3 Å². The quantitative estimate of drug-likeness (QED) is 0.0206. The molecule has 1 amide bonds. The Morgan fingerprint density at radius 1 is 0.773 bits per heavy atom. The van der Waals surface area contributed by atoms with Gasteiger partial charge in [0.2, 0.25) is 0 Å². The van der Waals surface area contributed by atoms with Crippen molar-refractivity contribution >= 4 is 29.6 Å². The SMILES string of the molecule is CCCCCCCCCCCCCCCCCCOC(C)O[C@@H](C(=O)O[C@H]1C[C@@]2(O)[C@@H](O)[C@@H]3[C@]4(OC(C)=O)CO[C@@H]4C[C@H](O)[C@@]3(C)C(=O)[C@H](OC(C)=O)C(=C1C)C2(C)C)[C@@H](NC(=O)c1ccccc1)c1ccccc1. The van der Waals surface area contributed by atoms with Gasteiger partial charge in [-0.1, -0.05) is 166 Å². The van der Waals surface area contributed by atoms with Gasteiger partial charge in [-0.25, -0.2) is 4.79 Å². The molecule has 1 aliphatic heterocycles. The van der Waals surface area contributed by atoms with Crippen LogP contribution in [0.4, 0.5) is 0 Å². The third kappa shape index (κ3) is 13.4. The number of aliphatic hydroxyl groups excluding tert-OH is 2.